The predicted molar refractivity (Wildman–Crippen MR) is 91.3 cm³/mol. The van der Waals surface area contributed by atoms with E-state index in [1.807, 2.05) is 24.3 Å². The second-order valence-corrected chi connectivity index (χ2v) is 6.00. The van der Waals surface area contributed by atoms with Gasteiger partial charge in [-0.1, -0.05) is 23.7 Å². The molecule has 1 aromatic carbocycles. The Morgan fingerprint density at radius 1 is 1.09 bits per heavy atom. The van der Waals surface area contributed by atoms with Gasteiger partial charge in [-0.3, -0.25) is 9.59 Å². The predicted octanol–water partition coefficient (Wildman–Crippen LogP) is 2.00. The molecule has 1 aliphatic heterocycles. The van der Waals surface area contributed by atoms with E-state index in [1.54, 1.807) is 24.2 Å². The monoisotopic (exact) mass is 331 g/mol. The molecule has 1 saturated heterocycles. The molecular weight excluding hydrogens is 314 g/mol. The Morgan fingerprint density at radius 2 is 1.78 bits per heavy atom. The highest BCUT2D eigenvalue weighted by atomic mass is 35.5. The molecule has 1 aromatic heterocycles. The van der Waals surface area contributed by atoms with Crippen LogP contribution in [0.15, 0.2) is 47.4 Å². The molecule has 0 bridgehead atoms. The summed E-state index contributed by atoms with van der Waals surface area (Å²) in [5.74, 6) is -0.0958. The number of amides is 1. The van der Waals surface area contributed by atoms with Gasteiger partial charge in [0.05, 0.1) is 10.7 Å². The van der Waals surface area contributed by atoms with Gasteiger partial charge in [-0.2, -0.15) is 0 Å². The molecule has 0 radical (unpaired) electrons. The van der Waals surface area contributed by atoms with E-state index in [2.05, 4.69) is 4.90 Å². The summed E-state index contributed by atoms with van der Waals surface area (Å²) in [4.78, 5) is 28.1. The van der Waals surface area contributed by atoms with Gasteiger partial charge in [0.1, 0.15) is 0 Å². The molecule has 3 rings (SSSR count). The molecule has 1 aliphatic rings. The average molecular weight is 332 g/mol. The molecule has 120 valence electrons. The van der Waals surface area contributed by atoms with Crippen LogP contribution in [0.3, 0.4) is 0 Å². The maximum atomic E-state index is 12.5. The van der Waals surface area contributed by atoms with Crippen LogP contribution < -0.4 is 10.5 Å². The van der Waals surface area contributed by atoms with Crippen molar-refractivity contribution in [2.45, 2.75) is 0 Å². The van der Waals surface area contributed by atoms with E-state index in [1.165, 1.54) is 10.6 Å². The number of rotatable bonds is 2. The SMILES string of the molecule is Cn1ccc(C(=O)N2CCN(c3ccccc3Cl)CC2)cc1=O. The number of hydrogen-bond acceptors (Lipinski definition) is 3. The molecule has 1 fully saturated rings. The fourth-order valence-corrected chi connectivity index (χ4v) is 2.98. The van der Waals surface area contributed by atoms with E-state index in [4.69, 9.17) is 11.6 Å². The van der Waals surface area contributed by atoms with E-state index in [0.29, 0.717) is 18.7 Å². The van der Waals surface area contributed by atoms with Crippen molar-refractivity contribution < 1.29 is 4.79 Å². The minimum Gasteiger partial charge on any atom is -0.367 e. The first-order valence-electron chi connectivity index (χ1n) is 7.52. The molecule has 0 spiro atoms. The Balaban J connectivity index is 1.69. The molecule has 5 nitrogen and oxygen atoms in total. The molecule has 6 heteroatoms. The number of piperazine rings is 1. The van der Waals surface area contributed by atoms with Crippen molar-refractivity contribution in [1.29, 1.82) is 0 Å². The van der Waals surface area contributed by atoms with Crippen LogP contribution in [0.5, 0.6) is 0 Å². The van der Waals surface area contributed by atoms with Crippen molar-refractivity contribution >= 4 is 23.2 Å². The van der Waals surface area contributed by atoms with Gasteiger partial charge in [0.2, 0.25) is 0 Å². The maximum Gasteiger partial charge on any atom is 0.254 e. The van der Waals surface area contributed by atoms with Crippen molar-refractivity contribution in [2.75, 3.05) is 31.1 Å². The van der Waals surface area contributed by atoms with Crippen molar-refractivity contribution in [3.05, 3.63) is 63.5 Å². The largest absolute Gasteiger partial charge is 0.367 e. The van der Waals surface area contributed by atoms with Gasteiger partial charge in [-0.05, 0) is 18.2 Å². The standard InChI is InChI=1S/C17H18ClN3O2/c1-19-7-6-13(12-16(19)22)17(23)21-10-8-20(9-11-21)15-5-3-2-4-14(15)18/h2-7,12H,8-11H2,1H3. The minimum absolute atomic E-state index is 0.0958. The number of benzene rings is 1. The number of hydrogen-bond donors (Lipinski definition) is 0. The van der Waals surface area contributed by atoms with Gasteiger partial charge in [0, 0.05) is 51.1 Å². The minimum atomic E-state index is -0.175. The van der Waals surface area contributed by atoms with E-state index < -0.39 is 0 Å². The molecule has 1 amide bonds. The van der Waals surface area contributed by atoms with Crippen LogP contribution in [0.1, 0.15) is 10.4 Å². The summed E-state index contributed by atoms with van der Waals surface area (Å²) < 4.78 is 1.45. The van der Waals surface area contributed by atoms with Crippen molar-refractivity contribution in [2.24, 2.45) is 7.05 Å². The molecule has 23 heavy (non-hydrogen) atoms. The van der Waals surface area contributed by atoms with E-state index in [9.17, 15) is 9.59 Å². The highest BCUT2D eigenvalue weighted by Gasteiger charge is 2.23. The van der Waals surface area contributed by atoms with Gasteiger partial charge in [-0.15, -0.1) is 0 Å². The fraction of sp³-hybridized carbons (Fsp3) is 0.294. The van der Waals surface area contributed by atoms with Crippen molar-refractivity contribution in [3.8, 4) is 0 Å². The molecule has 0 atom stereocenters. The lowest BCUT2D eigenvalue weighted by atomic mass is 10.2. The Labute approximate surface area is 139 Å². The quantitative estimate of drug-likeness (QED) is 0.845. The molecule has 0 unspecified atom stereocenters. The highest BCUT2D eigenvalue weighted by Crippen LogP contribution is 2.26. The fourth-order valence-electron chi connectivity index (χ4n) is 2.72. The lowest BCUT2D eigenvalue weighted by Crippen LogP contribution is -2.49. The number of carbonyl (C=O) groups excluding carboxylic acids is 1. The lowest BCUT2D eigenvalue weighted by Gasteiger charge is -2.36. The van der Waals surface area contributed by atoms with Gasteiger partial charge in [-0.25, -0.2) is 0 Å². The average Bonchev–Trinajstić information content (AvgIpc) is 2.57. The molecule has 0 N–H and O–H groups in total. The Kier molecular flexibility index (Phi) is 4.39. The summed E-state index contributed by atoms with van der Waals surface area (Å²) in [6.07, 6.45) is 1.62. The first-order chi connectivity index (χ1) is 11.1. The van der Waals surface area contributed by atoms with Crippen molar-refractivity contribution in [3.63, 3.8) is 0 Å². The first-order valence-corrected chi connectivity index (χ1v) is 7.89. The number of para-hydroxylation sites is 1. The second kappa shape index (κ2) is 6.46. The first kappa shape index (κ1) is 15.6. The molecule has 2 aromatic rings. The number of halogens is 1. The number of anilines is 1. The summed E-state index contributed by atoms with van der Waals surface area (Å²) in [6, 6.07) is 10.8. The number of carbonyl (C=O) groups is 1. The highest BCUT2D eigenvalue weighted by molar-refractivity contribution is 6.33. The zero-order chi connectivity index (χ0) is 16.4. The van der Waals surface area contributed by atoms with Gasteiger partial charge < -0.3 is 14.4 Å². The van der Waals surface area contributed by atoms with Crippen LogP contribution in [0.25, 0.3) is 0 Å². The Morgan fingerprint density at radius 3 is 2.43 bits per heavy atom. The normalized spacial score (nSPS) is 14.9. The third kappa shape index (κ3) is 3.24. The third-order valence-electron chi connectivity index (χ3n) is 4.11. The molecule has 0 saturated carbocycles. The molecule has 2 heterocycles. The van der Waals surface area contributed by atoms with Crippen molar-refractivity contribution in [1.82, 2.24) is 9.47 Å². The van der Waals surface area contributed by atoms with E-state index >= 15 is 0 Å². The van der Waals surface area contributed by atoms with E-state index in [0.717, 1.165) is 23.8 Å². The number of pyridine rings is 1. The number of aryl methyl sites for hydroxylation is 1. The number of nitrogens with zero attached hydrogens (tertiary/aromatic N) is 3. The van der Waals surface area contributed by atoms with Crippen LogP contribution in [-0.2, 0) is 7.05 Å². The molecular formula is C17H18ClN3O2. The summed E-state index contributed by atoms with van der Waals surface area (Å²) in [6.45, 7) is 2.67. The van der Waals surface area contributed by atoms with Gasteiger partial charge in [0.25, 0.3) is 11.5 Å². The van der Waals surface area contributed by atoms with E-state index in [-0.39, 0.29) is 11.5 Å². The van der Waals surface area contributed by atoms with Crippen LogP contribution in [0, 0.1) is 0 Å². The lowest BCUT2D eigenvalue weighted by molar-refractivity contribution is 0.0746. The zero-order valence-corrected chi connectivity index (χ0v) is 13.7. The summed E-state index contributed by atoms with van der Waals surface area (Å²) in [5.41, 5.74) is 1.26. The second-order valence-electron chi connectivity index (χ2n) is 5.60. The smallest absolute Gasteiger partial charge is 0.254 e. The van der Waals surface area contributed by atoms with Crippen LogP contribution in [0.4, 0.5) is 5.69 Å². The summed E-state index contributed by atoms with van der Waals surface area (Å²) in [7, 11) is 1.67. The summed E-state index contributed by atoms with van der Waals surface area (Å²) in [5, 5.41) is 0.721. The van der Waals surface area contributed by atoms with Gasteiger partial charge >= 0.3 is 0 Å². The Bertz CT molecular complexity index is 779. The Hall–Kier alpha value is -2.27. The molecule has 0 aliphatic carbocycles. The van der Waals surface area contributed by atoms with Crippen LogP contribution >= 0.6 is 11.6 Å². The van der Waals surface area contributed by atoms with Gasteiger partial charge in [0.15, 0.2) is 0 Å². The van der Waals surface area contributed by atoms with Crippen LogP contribution in [0.2, 0.25) is 5.02 Å². The third-order valence-corrected chi connectivity index (χ3v) is 4.43. The topological polar surface area (TPSA) is 45.6 Å². The summed E-state index contributed by atoms with van der Waals surface area (Å²) >= 11 is 6.23. The maximum absolute atomic E-state index is 12.5. The van der Waals surface area contributed by atoms with Crippen LogP contribution in [-0.4, -0.2) is 41.6 Å². The zero-order valence-electron chi connectivity index (χ0n) is 12.9. The number of aromatic nitrogens is 1.